The van der Waals surface area contributed by atoms with E-state index in [-0.39, 0.29) is 17.8 Å². The number of nitrogens with two attached hydrogens (primary N) is 1. The zero-order chi connectivity index (χ0) is 13.9. The minimum absolute atomic E-state index is 0. The lowest BCUT2D eigenvalue weighted by Gasteiger charge is -2.61. The third-order valence-electron chi connectivity index (χ3n) is 6.40. The van der Waals surface area contributed by atoms with Crippen LogP contribution in [0.2, 0.25) is 0 Å². The van der Waals surface area contributed by atoms with E-state index in [9.17, 15) is 0 Å². The molecule has 3 heteroatoms. The molecular weight excluding hydrogens is 280 g/mol. The van der Waals surface area contributed by atoms with Gasteiger partial charge in [-0.15, -0.1) is 12.4 Å². The van der Waals surface area contributed by atoms with Gasteiger partial charge in [0.05, 0.1) is 5.41 Å². The number of benzene rings is 1. The van der Waals surface area contributed by atoms with Crippen molar-refractivity contribution in [3.63, 3.8) is 0 Å². The molecule has 0 atom stereocenters. The van der Waals surface area contributed by atoms with Gasteiger partial charge in [0.2, 0.25) is 0 Å². The zero-order valence-electron chi connectivity index (χ0n) is 12.6. The molecule has 0 heterocycles. The molecule has 3 N–H and O–H groups in total. The predicted octanol–water partition coefficient (Wildman–Crippen LogP) is 4.05. The molecule has 4 fully saturated rings. The summed E-state index contributed by atoms with van der Waals surface area (Å²) in [6.45, 7) is 2.13. The van der Waals surface area contributed by atoms with Crippen LogP contribution in [-0.4, -0.2) is 5.84 Å². The Morgan fingerprint density at radius 3 is 1.90 bits per heavy atom. The molecule has 0 saturated heterocycles. The summed E-state index contributed by atoms with van der Waals surface area (Å²) in [4.78, 5) is 0. The molecule has 21 heavy (non-hydrogen) atoms. The normalized spacial score (nSPS) is 39.9. The topological polar surface area (TPSA) is 49.9 Å². The van der Waals surface area contributed by atoms with Crippen molar-refractivity contribution in [2.45, 2.75) is 44.4 Å². The minimum atomic E-state index is -0.152. The number of halogens is 1. The maximum Gasteiger partial charge on any atom is 0.102 e. The van der Waals surface area contributed by atoms with Gasteiger partial charge in [0, 0.05) is 0 Å². The van der Waals surface area contributed by atoms with E-state index in [1.807, 2.05) is 0 Å². The second kappa shape index (κ2) is 5.01. The van der Waals surface area contributed by atoms with Crippen LogP contribution in [0.1, 0.15) is 43.2 Å². The Kier molecular flexibility index (Phi) is 3.56. The molecule has 0 unspecified atom stereocenters. The Hall–Kier alpha value is -1.02. The number of aryl methyl sites for hydroxylation is 1. The van der Waals surface area contributed by atoms with Crippen molar-refractivity contribution >= 4 is 18.2 Å². The monoisotopic (exact) mass is 304 g/mol. The summed E-state index contributed by atoms with van der Waals surface area (Å²) >= 11 is 0. The van der Waals surface area contributed by atoms with E-state index in [2.05, 4.69) is 31.2 Å². The molecule has 4 aliphatic carbocycles. The molecular formula is C18H25ClN2. The molecule has 0 radical (unpaired) electrons. The second-order valence-corrected chi connectivity index (χ2v) is 7.45. The van der Waals surface area contributed by atoms with Crippen molar-refractivity contribution in [3.8, 4) is 0 Å². The summed E-state index contributed by atoms with van der Waals surface area (Å²) in [5, 5.41) is 8.38. The van der Waals surface area contributed by atoms with Crippen molar-refractivity contribution in [3.05, 3.63) is 35.4 Å². The van der Waals surface area contributed by atoms with E-state index in [1.165, 1.54) is 43.2 Å². The summed E-state index contributed by atoms with van der Waals surface area (Å²) in [6.07, 6.45) is 6.61. The van der Waals surface area contributed by atoms with E-state index in [1.54, 1.807) is 0 Å². The van der Waals surface area contributed by atoms with Crippen LogP contribution in [-0.2, 0) is 5.41 Å². The number of nitrogens with one attached hydrogen (secondary N) is 1. The average molecular weight is 305 g/mol. The van der Waals surface area contributed by atoms with Crippen LogP contribution in [0.4, 0.5) is 0 Å². The molecule has 1 aromatic rings. The van der Waals surface area contributed by atoms with Gasteiger partial charge in [-0.2, -0.15) is 0 Å². The van der Waals surface area contributed by atoms with Gasteiger partial charge in [-0.1, -0.05) is 29.8 Å². The summed E-state index contributed by atoms with van der Waals surface area (Å²) < 4.78 is 0. The van der Waals surface area contributed by atoms with E-state index < -0.39 is 0 Å². The van der Waals surface area contributed by atoms with Gasteiger partial charge in [0.15, 0.2) is 0 Å². The number of hydrogen-bond acceptors (Lipinski definition) is 1. The Bertz CT molecular complexity index is 521. The molecule has 114 valence electrons. The van der Waals surface area contributed by atoms with Crippen LogP contribution in [0.5, 0.6) is 0 Å². The second-order valence-electron chi connectivity index (χ2n) is 7.45. The quantitative estimate of drug-likeness (QED) is 0.628. The molecule has 0 amide bonds. The molecule has 4 saturated carbocycles. The largest absolute Gasteiger partial charge is 0.387 e. The first-order valence-corrected chi connectivity index (χ1v) is 8.02. The molecule has 1 aromatic carbocycles. The predicted molar refractivity (Wildman–Crippen MR) is 89.1 cm³/mol. The third-order valence-corrected chi connectivity index (χ3v) is 6.40. The highest BCUT2D eigenvalue weighted by Gasteiger charge is 2.59. The highest BCUT2D eigenvalue weighted by Crippen LogP contribution is 2.62. The van der Waals surface area contributed by atoms with E-state index in [0.717, 1.165) is 11.8 Å². The Morgan fingerprint density at radius 1 is 1.00 bits per heavy atom. The Balaban J connectivity index is 0.00000132. The first-order valence-electron chi connectivity index (χ1n) is 8.02. The highest BCUT2D eigenvalue weighted by molar-refractivity contribution is 5.90. The van der Waals surface area contributed by atoms with Crippen molar-refractivity contribution < 1.29 is 0 Å². The molecule has 4 aliphatic rings. The minimum Gasteiger partial charge on any atom is -0.387 e. The first kappa shape index (κ1) is 14.9. The van der Waals surface area contributed by atoms with Gasteiger partial charge in [0.25, 0.3) is 0 Å². The van der Waals surface area contributed by atoms with Gasteiger partial charge in [-0.3, -0.25) is 5.41 Å². The Morgan fingerprint density at radius 2 is 1.48 bits per heavy atom. The van der Waals surface area contributed by atoms with Crippen LogP contribution in [0.15, 0.2) is 24.3 Å². The summed E-state index contributed by atoms with van der Waals surface area (Å²) in [5.74, 6) is 3.47. The summed E-state index contributed by atoms with van der Waals surface area (Å²) in [5.41, 5.74) is 8.65. The van der Waals surface area contributed by atoms with E-state index in [4.69, 9.17) is 11.1 Å². The van der Waals surface area contributed by atoms with Crippen molar-refractivity contribution in [2.24, 2.45) is 29.4 Å². The maximum absolute atomic E-state index is 8.38. The van der Waals surface area contributed by atoms with E-state index >= 15 is 0 Å². The first-order chi connectivity index (χ1) is 9.60. The fourth-order valence-electron chi connectivity index (χ4n) is 5.82. The molecule has 0 aromatic heterocycles. The maximum atomic E-state index is 8.38. The lowest BCUT2D eigenvalue weighted by Crippen LogP contribution is -2.61. The number of amidine groups is 1. The van der Waals surface area contributed by atoms with Crippen molar-refractivity contribution in [2.75, 3.05) is 0 Å². The Labute approximate surface area is 133 Å². The fraction of sp³-hybridized carbons (Fsp3) is 0.611. The SMILES string of the molecule is Cc1ccc(C2(C(=N)N)C3CC4CC(C3)CC2C4)cc1.Cl. The van der Waals surface area contributed by atoms with Crippen molar-refractivity contribution in [1.82, 2.24) is 0 Å². The lowest BCUT2D eigenvalue weighted by molar-refractivity contribution is -0.0300. The van der Waals surface area contributed by atoms with Gasteiger partial charge in [-0.25, -0.2) is 0 Å². The van der Waals surface area contributed by atoms with Gasteiger partial charge < -0.3 is 5.73 Å². The third kappa shape index (κ3) is 1.95. The van der Waals surface area contributed by atoms with Gasteiger partial charge >= 0.3 is 0 Å². The fourth-order valence-corrected chi connectivity index (χ4v) is 5.82. The molecule has 4 bridgehead atoms. The van der Waals surface area contributed by atoms with E-state index in [0.29, 0.717) is 17.7 Å². The molecule has 0 aliphatic heterocycles. The number of rotatable bonds is 2. The molecule has 5 rings (SSSR count). The van der Waals surface area contributed by atoms with Crippen LogP contribution in [0, 0.1) is 36.0 Å². The summed E-state index contributed by atoms with van der Waals surface area (Å²) in [7, 11) is 0. The molecule has 2 nitrogen and oxygen atoms in total. The van der Waals surface area contributed by atoms with Crippen LogP contribution in [0.3, 0.4) is 0 Å². The smallest absolute Gasteiger partial charge is 0.102 e. The summed E-state index contributed by atoms with van der Waals surface area (Å²) in [6, 6.07) is 8.84. The highest BCUT2D eigenvalue weighted by atomic mass is 35.5. The van der Waals surface area contributed by atoms with Gasteiger partial charge in [-0.05, 0) is 68.3 Å². The van der Waals surface area contributed by atoms with Crippen molar-refractivity contribution in [1.29, 1.82) is 5.41 Å². The zero-order valence-corrected chi connectivity index (χ0v) is 13.5. The van der Waals surface area contributed by atoms with Crippen LogP contribution in [0.25, 0.3) is 0 Å². The van der Waals surface area contributed by atoms with Gasteiger partial charge in [0.1, 0.15) is 5.84 Å². The molecule has 0 spiro atoms. The van der Waals surface area contributed by atoms with Crippen LogP contribution < -0.4 is 5.73 Å². The number of hydrogen-bond donors (Lipinski definition) is 2. The standard InChI is InChI=1S/C18H24N2.ClH/c1-11-2-4-14(5-3-11)18(17(19)20)15-7-12-6-13(9-15)10-16(18)8-12;/h2-5,12-13,15-16H,6-10H2,1H3,(H3,19,20);1H. The average Bonchev–Trinajstić information content (AvgIpc) is 2.39. The van der Waals surface area contributed by atoms with Crippen LogP contribution >= 0.6 is 12.4 Å². The lowest BCUT2D eigenvalue weighted by atomic mass is 9.43.